The third kappa shape index (κ3) is 15.9. The fourth-order valence-electron chi connectivity index (χ4n) is 6.62. The second-order valence-corrected chi connectivity index (χ2v) is 18.2. The molecule has 22 heteroatoms. The highest BCUT2D eigenvalue weighted by molar-refractivity contribution is 7.89. The number of carboxylic acid groups (broad SMARTS) is 1. The van der Waals surface area contributed by atoms with Crippen molar-refractivity contribution in [1.29, 1.82) is 0 Å². The summed E-state index contributed by atoms with van der Waals surface area (Å²) in [5, 5.41) is 22.8. The van der Waals surface area contributed by atoms with Gasteiger partial charge >= 0.3 is 5.97 Å². The number of amides is 4. The number of rotatable bonds is 24. The van der Waals surface area contributed by atoms with E-state index in [1.807, 2.05) is 6.07 Å². The van der Waals surface area contributed by atoms with Gasteiger partial charge in [-0.1, -0.05) is 25.1 Å². The van der Waals surface area contributed by atoms with E-state index in [1.165, 1.54) is 31.5 Å². The molecular formula is C41H56N8O12S2. The summed E-state index contributed by atoms with van der Waals surface area (Å²) in [6.45, 7) is 4.94. The predicted octanol–water partition coefficient (Wildman–Crippen LogP) is 0.505. The number of carbonyl (C=O) groups excluding carboxylic acids is 4. The van der Waals surface area contributed by atoms with E-state index in [0.717, 1.165) is 36.5 Å². The van der Waals surface area contributed by atoms with E-state index < -0.39 is 80.2 Å². The van der Waals surface area contributed by atoms with Crippen LogP contribution in [0.15, 0.2) is 53.4 Å². The molecule has 3 atom stereocenters. The summed E-state index contributed by atoms with van der Waals surface area (Å²) in [5.41, 5.74) is 9.57. The summed E-state index contributed by atoms with van der Waals surface area (Å²) >= 11 is 0. The van der Waals surface area contributed by atoms with Crippen LogP contribution in [-0.2, 0) is 58.6 Å². The average Bonchev–Trinajstić information content (AvgIpc) is 3.23. The Morgan fingerprint density at radius 2 is 1.59 bits per heavy atom. The number of carbonyl (C=O) groups is 5. The number of aliphatic carboxylic acids is 1. The maximum absolute atomic E-state index is 13.5. The van der Waals surface area contributed by atoms with Crippen LogP contribution in [0.1, 0.15) is 70.9 Å². The molecule has 0 fully saturated rings. The van der Waals surface area contributed by atoms with Crippen molar-refractivity contribution in [2.75, 3.05) is 43.9 Å². The Morgan fingerprint density at radius 3 is 2.24 bits per heavy atom. The Labute approximate surface area is 366 Å². The summed E-state index contributed by atoms with van der Waals surface area (Å²) in [4.78, 5) is 66.5. The van der Waals surface area contributed by atoms with Crippen molar-refractivity contribution in [3.63, 3.8) is 0 Å². The molecule has 0 saturated heterocycles. The number of carboxylic acids is 1. The van der Waals surface area contributed by atoms with Crippen LogP contribution < -0.4 is 41.8 Å². The van der Waals surface area contributed by atoms with E-state index in [1.54, 1.807) is 31.2 Å². The third-order valence-electron chi connectivity index (χ3n) is 9.95. The first-order valence-corrected chi connectivity index (χ1v) is 23.5. The molecule has 63 heavy (non-hydrogen) atoms. The second-order valence-electron chi connectivity index (χ2n) is 15.1. The van der Waals surface area contributed by atoms with Crippen LogP contribution in [0.2, 0.25) is 0 Å². The number of nitrogens with zero attached hydrogens (tertiary/aromatic N) is 1. The smallest absolute Gasteiger partial charge is 0.323 e. The summed E-state index contributed by atoms with van der Waals surface area (Å²) in [7, 11) is -9.02. The van der Waals surface area contributed by atoms with Crippen LogP contribution in [0, 0.1) is 13.8 Å². The van der Waals surface area contributed by atoms with E-state index in [-0.39, 0.29) is 60.5 Å². The minimum absolute atomic E-state index is 0.0171. The number of aromatic nitrogens is 1. The lowest BCUT2D eigenvalue weighted by Crippen LogP contribution is -2.54. The zero-order valence-electron chi connectivity index (χ0n) is 35.4. The van der Waals surface area contributed by atoms with Gasteiger partial charge in [-0.05, 0) is 105 Å². The highest BCUT2D eigenvalue weighted by Gasteiger charge is 2.30. The van der Waals surface area contributed by atoms with Gasteiger partial charge in [0.15, 0.2) is 0 Å². The van der Waals surface area contributed by atoms with Crippen LogP contribution in [0.4, 0.5) is 5.82 Å². The number of hydrogen-bond acceptors (Lipinski definition) is 13. The van der Waals surface area contributed by atoms with Crippen molar-refractivity contribution in [1.82, 2.24) is 31.0 Å². The van der Waals surface area contributed by atoms with Crippen LogP contribution in [0.25, 0.3) is 0 Å². The SMILES string of the molecule is CCC(N)C(=O)NC(CS(=O)(=O)O)C(=O)NCCNC(=O)CCCOc1cc(C)c(S(=O)(=O)NC(CNC(=O)c2ccc(CCc3ccc4c(n3)NCCC4)cc2)C(=O)O)c(C)c1. The standard InChI is InChI=1S/C41H56N8O12S2/c1-4-32(42)39(52)48-34(24-62(56,57)58)40(53)45-19-18-43-35(50)8-6-20-61-31-21-25(2)36(26(3)22-31)63(59,60)49-33(41(54)55)23-46-38(51)29-12-9-27(10-13-29)11-15-30-16-14-28-7-5-17-44-37(28)47-30/h9-10,12-14,16,21-22,32-34,49H,4-8,11,15,17-20,23-24,42H2,1-3H3,(H,43,50)(H,44,47)(H,45,53)(H,46,51)(H,48,52)(H,54,55)(H,56,57,58). The van der Waals surface area contributed by atoms with Gasteiger partial charge in [-0.3, -0.25) is 28.5 Å². The first-order valence-electron chi connectivity index (χ1n) is 20.4. The molecule has 0 saturated carbocycles. The topological polar surface area (TPSA) is 314 Å². The Kier molecular flexibility index (Phi) is 18.3. The van der Waals surface area contributed by atoms with Crippen molar-refractivity contribution >= 4 is 55.6 Å². The number of pyridine rings is 1. The Hall–Kier alpha value is -5.68. The summed E-state index contributed by atoms with van der Waals surface area (Å²) < 4.78 is 66.7. The first-order chi connectivity index (χ1) is 29.8. The van der Waals surface area contributed by atoms with Gasteiger partial charge in [0, 0.05) is 43.9 Å². The molecule has 3 aromatic rings. The number of sulfonamides is 1. The molecule has 3 unspecified atom stereocenters. The van der Waals surface area contributed by atoms with E-state index in [0.29, 0.717) is 18.6 Å². The van der Waals surface area contributed by atoms with Gasteiger partial charge in [0.25, 0.3) is 16.0 Å². The van der Waals surface area contributed by atoms with E-state index in [4.69, 9.17) is 15.5 Å². The number of anilines is 1. The van der Waals surface area contributed by atoms with Gasteiger partial charge in [0.2, 0.25) is 27.7 Å². The number of ether oxygens (including phenoxy) is 1. The van der Waals surface area contributed by atoms with Gasteiger partial charge < -0.3 is 42.2 Å². The van der Waals surface area contributed by atoms with Crippen LogP contribution in [0.5, 0.6) is 5.75 Å². The van der Waals surface area contributed by atoms with Gasteiger partial charge in [-0.15, -0.1) is 0 Å². The van der Waals surface area contributed by atoms with Crippen LogP contribution in [-0.4, -0.2) is 118 Å². The number of aryl methyl sites for hydroxylation is 5. The number of nitrogens with one attached hydrogen (secondary N) is 6. The molecule has 1 aliphatic rings. The fourth-order valence-corrected chi connectivity index (χ4v) is 8.92. The van der Waals surface area contributed by atoms with Gasteiger partial charge in [0.1, 0.15) is 29.4 Å². The highest BCUT2D eigenvalue weighted by atomic mass is 32.2. The Morgan fingerprint density at radius 1 is 0.905 bits per heavy atom. The normalized spacial score (nSPS) is 13.9. The van der Waals surface area contributed by atoms with Crippen LogP contribution >= 0.6 is 0 Å². The predicted molar refractivity (Wildman–Crippen MR) is 232 cm³/mol. The summed E-state index contributed by atoms with van der Waals surface area (Å²) in [5.74, 6) is -3.97. The van der Waals surface area contributed by atoms with Crippen molar-refractivity contribution in [3.8, 4) is 5.75 Å². The minimum Gasteiger partial charge on any atom is -0.494 e. The number of fused-ring (bicyclic) bond motifs is 1. The second kappa shape index (κ2) is 23.1. The van der Waals surface area contributed by atoms with Gasteiger partial charge in [0.05, 0.1) is 17.5 Å². The quantitative estimate of drug-likeness (QED) is 0.0437. The molecule has 2 aromatic carbocycles. The molecule has 4 rings (SSSR count). The largest absolute Gasteiger partial charge is 0.494 e. The zero-order valence-corrected chi connectivity index (χ0v) is 37.0. The zero-order chi connectivity index (χ0) is 46.3. The Balaban J connectivity index is 1.20. The lowest BCUT2D eigenvalue weighted by Gasteiger charge is -2.19. The molecule has 20 nitrogen and oxygen atoms in total. The molecule has 2 heterocycles. The van der Waals surface area contributed by atoms with E-state index >= 15 is 0 Å². The molecule has 0 spiro atoms. The minimum atomic E-state index is -4.63. The molecule has 1 aliphatic heterocycles. The highest BCUT2D eigenvalue weighted by Crippen LogP contribution is 2.26. The third-order valence-corrected chi connectivity index (χ3v) is 12.5. The molecule has 10 N–H and O–H groups in total. The Bertz CT molecular complexity index is 2320. The average molecular weight is 917 g/mol. The molecule has 0 radical (unpaired) electrons. The summed E-state index contributed by atoms with van der Waals surface area (Å²) in [6, 6.07) is 9.62. The van der Waals surface area contributed by atoms with Crippen molar-refractivity contribution in [3.05, 3.63) is 82.0 Å². The monoisotopic (exact) mass is 916 g/mol. The van der Waals surface area contributed by atoms with Gasteiger partial charge in [-0.2, -0.15) is 13.1 Å². The maximum Gasteiger partial charge on any atom is 0.323 e. The van der Waals surface area contributed by atoms with Crippen molar-refractivity contribution in [2.24, 2.45) is 5.73 Å². The first kappa shape index (κ1) is 50.0. The maximum atomic E-state index is 13.5. The molecule has 344 valence electrons. The van der Waals surface area contributed by atoms with Crippen molar-refractivity contribution in [2.45, 2.75) is 88.7 Å². The van der Waals surface area contributed by atoms with E-state index in [2.05, 4.69) is 37.4 Å². The van der Waals surface area contributed by atoms with E-state index in [9.17, 15) is 50.5 Å². The molecule has 4 amide bonds. The summed E-state index contributed by atoms with van der Waals surface area (Å²) in [6.07, 6.45) is 3.99. The molecule has 1 aromatic heterocycles. The van der Waals surface area contributed by atoms with Gasteiger partial charge in [-0.25, -0.2) is 13.4 Å². The van der Waals surface area contributed by atoms with Crippen LogP contribution in [0.3, 0.4) is 0 Å². The molecule has 0 bridgehead atoms. The molecule has 0 aliphatic carbocycles. The fraction of sp³-hybridized carbons (Fsp3) is 0.463. The molecular weight excluding hydrogens is 861 g/mol. The number of nitrogens with two attached hydrogens (primary N) is 1. The van der Waals surface area contributed by atoms with Crippen molar-refractivity contribution < 1.29 is 55.2 Å². The number of benzene rings is 2. The number of hydrogen-bond donors (Lipinski definition) is 9. The lowest BCUT2D eigenvalue weighted by molar-refractivity contribution is -0.138. The lowest BCUT2D eigenvalue weighted by atomic mass is 10.0.